The van der Waals surface area contributed by atoms with Crippen LogP contribution in [0.1, 0.15) is 180 Å². The van der Waals surface area contributed by atoms with Gasteiger partial charge in [-0.3, -0.25) is 4.79 Å². The molecule has 0 radical (unpaired) electrons. The Bertz CT molecular complexity index is 1180. The molecule has 224 valence electrons. The van der Waals surface area contributed by atoms with Crippen molar-refractivity contribution in [1.29, 1.82) is 0 Å². The van der Waals surface area contributed by atoms with Crippen molar-refractivity contribution in [3.05, 3.63) is 68.8 Å². The SMILES string of the molecule is CC(C)(C)c1cc(C(C)(C)C)c(C(=O)C(O)c2c(C(C)(C)C)cc(C(C)(C)C)cc2C(C)(C)C)c(C(C)(C)C)c1. The molecule has 2 nitrogen and oxygen atoms in total. The summed E-state index contributed by atoms with van der Waals surface area (Å²) in [5.74, 6) is -0.199. The Balaban J connectivity index is 3.10. The van der Waals surface area contributed by atoms with Crippen LogP contribution in [-0.4, -0.2) is 10.9 Å². The molecule has 0 spiro atoms. The van der Waals surface area contributed by atoms with Crippen molar-refractivity contribution in [2.24, 2.45) is 0 Å². The molecule has 0 aliphatic rings. The molecule has 1 atom stereocenters. The highest BCUT2D eigenvalue weighted by Crippen LogP contribution is 2.44. The lowest BCUT2D eigenvalue weighted by atomic mass is 9.68. The summed E-state index contributed by atoms with van der Waals surface area (Å²) in [6.45, 7) is 39.5. The van der Waals surface area contributed by atoms with Gasteiger partial charge < -0.3 is 5.11 Å². The summed E-state index contributed by atoms with van der Waals surface area (Å²) in [5, 5.41) is 12.3. The molecule has 0 amide bonds. The zero-order chi connectivity index (χ0) is 31.6. The van der Waals surface area contributed by atoms with Gasteiger partial charge in [-0.1, -0.05) is 149 Å². The average molecular weight is 549 g/mol. The minimum absolute atomic E-state index is 0.0604. The van der Waals surface area contributed by atoms with Crippen molar-refractivity contribution in [3.63, 3.8) is 0 Å². The number of benzene rings is 2. The molecule has 40 heavy (non-hydrogen) atoms. The smallest absolute Gasteiger partial charge is 0.196 e. The second-order valence-electron chi connectivity index (χ2n) is 18.2. The quantitative estimate of drug-likeness (QED) is 0.387. The van der Waals surface area contributed by atoms with Crippen LogP contribution in [0.4, 0.5) is 0 Å². The second kappa shape index (κ2) is 10.4. The normalized spacial score (nSPS) is 14.9. The summed E-state index contributed by atoms with van der Waals surface area (Å²) in [6.07, 6.45) is -1.26. The van der Waals surface area contributed by atoms with E-state index in [1.807, 2.05) is 0 Å². The van der Waals surface area contributed by atoms with Gasteiger partial charge >= 0.3 is 0 Å². The molecule has 0 heterocycles. The third-order valence-electron chi connectivity index (χ3n) is 8.05. The predicted molar refractivity (Wildman–Crippen MR) is 174 cm³/mol. The van der Waals surface area contributed by atoms with E-state index < -0.39 is 6.10 Å². The summed E-state index contributed by atoms with van der Waals surface area (Å²) in [4.78, 5) is 14.8. The van der Waals surface area contributed by atoms with Crippen molar-refractivity contribution >= 4 is 5.78 Å². The number of aliphatic hydroxyl groups excluding tert-OH is 1. The number of hydrogen-bond acceptors (Lipinski definition) is 2. The number of hydrogen-bond donors (Lipinski definition) is 1. The van der Waals surface area contributed by atoms with Crippen LogP contribution in [0.15, 0.2) is 24.3 Å². The first-order valence-electron chi connectivity index (χ1n) is 15.1. The van der Waals surface area contributed by atoms with Crippen LogP contribution < -0.4 is 0 Å². The zero-order valence-corrected chi connectivity index (χ0v) is 29.2. The van der Waals surface area contributed by atoms with Crippen LogP contribution in [0.2, 0.25) is 0 Å². The minimum Gasteiger partial charge on any atom is -0.380 e. The van der Waals surface area contributed by atoms with E-state index in [4.69, 9.17) is 0 Å². The largest absolute Gasteiger partial charge is 0.380 e. The van der Waals surface area contributed by atoms with Crippen LogP contribution >= 0.6 is 0 Å². The Kier molecular flexibility index (Phi) is 8.92. The van der Waals surface area contributed by atoms with Crippen molar-refractivity contribution in [2.45, 2.75) is 163 Å². The maximum absolute atomic E-state index is 14.8. The maximum Gasteiger partial charge on any atom is 0.196 e. The van der Waals surface area contributed by atoms with Gasteiger partial charge in [-0.15, -0.1) is 0 Å². The first kappa shape index (κ1) is 34.3. The maximum atomic E-state index is 14.8. The number of rotatable bonds is 3. The predicted octanol–water partition coefficient (Wildman–Crippen LogP) is 10.4. The van der Waals surface area contributed by atoms with Gasteiger partial charge in [0.25, 0.3) is 0 Å². The van der Waals surface area contributed by atoms with Crippen LogP contribution in [0.3, 0.4) is 0 Å². The Labute approximate surface area is 247 Å². The van der Waals surface area contributed by atoms with Gasteiger partial charge in [0.2, 0.25) is 0 Å². The molecule has 0 fully saturated rings. The summed E-state index contributed by atoms with van der Waals surface area (Å²) >= 11 is 0. The van der Waals surface area contributed by atoms with Crippen molar-refractivity contribution in [3.8, 4) is 0 Å². The summed E-state index contributed by atoms with van der Waals surface area (Å²) in [6, 6.07) is 8.90. The van der Waals surface area contributed by atoms with Crippen molar-refractivity contribution < 1.29 is 9.90 Å². The van der Waals surface area contributed by atoms with Gasteiger partial charge in [-0.2, -0.15) is 0 Å². The number of aliphatic hydroxyl groups is 1. The van der Waals surface area contributed by atoms with E-state index in [0.29, 0.717) is 5.56 Å². The topological polar surface area (TPSA) is 37.3 Å². The summed E-state index contributed by atoms with van der Waals surface area (Å²) in [5.41, 5.74) is 6.82. The molecular formula is C38H60O2. The molecule has 0 saturated heterocycles. The number of Topliss-reactive ketones (excluding diaryl/α,β-unsaturated/α-hetero) is 1. The molecule has 0 aliphatic carbocycles. The number of carbonyl (C=O) groups is 1. The highest BCUT2D eigenvalue weighted by atomic mass is 16.3. The van der Waals surface area contributed by atoms with E-state index in [2.05, 4.69) is 149 Å². The molecule has 2 heteroatoms. The lowest BCUT2D eigenvalue weighted by Gasteiger charge is -2.36. The van der Waals surface area contributed by atoms with Gasteiger partial charge in [-0.05, 0) is 71.4 Å². The second-order valence-corrected chi connectivity index (χ2v) is 18.2. The lowest BCUT2D eigenvalue weighted by molar-refractivity contribution is 0.0736. The minimum atomic E-state index is -1.26. The Morgan fingerprint density at radius 1 is 0.475 bits per heavy atom. The lowest BCUT2D eigenvalue weighted by Crippen LogP contribution is -2.31. The fraction of sp³-hybridized carbons (Fsp3) is 0.658. The van der Waals surface area contributed by atoms with Crippen LogP contribution in [-0.2, 0) is 32.5 Å². The number of ketones is 1. The van der Waals surface area contributed by atoms with E-state index in [0.717, 1.165) is 27.8 Å². The van der Waals surface area contributed by atoms with Gasteiger partial charge in [0.15, 0.2) is 5.78 Å². The van der Waals surface area contributed by atoms with Crippen LogP contribution in [0, 0.1) is 0 Å². The molecule has 0 bridgehead atoms. The molecule has 0 aliphatic heterocycles. The van der Waals surface area contributed by atoms with E-state index in [1.165, 1.54) is 11.1 Å². The van der Waals surface area contributed by atoms with E-state index >= 15 is 0 Å². The molecule has 1 unspecified atom stereocenters. The van der Waals surface area contributed by atoms with Crippen LogP contribution in [0.25, 0.3) is 0 Å². The van der Waals surface area contributed by atoms with E-state index in [-0.39, 0.29) is 38.3 Å². The molecule has 2 aromatic rings. The zero-order valence-electron chi connectivity index (χ0n) is 29.2. The molecule has 1 N–H and O–H groups in total. The Hall–Kier alpha value is -1.93. The van der Waals surface area contributed by atoms with E-state index in [9.17, 15) is 9.90 Å². The molecule has 0 saturated carbocycles. The van der Waals surface area contributed by atoms with Crippen molar-refractivity contribution in [1.82, 2.24) is 0 Å². The summed E-state index contributed by atoms with van der Waals surface area (Å²) < 4.78 is 0. The molecule has 0 aromatic heterocycles. The van der Waals surface area contributed by atoms with Crippen molar-refractivity contribution in [2.75, 3.05) is 0 Å². The fourth-order valence-electron chi connectivity index (χ4n) is 5.41. The third-order valence-corrected chi connectivity index (χ3v) is 8.05. The monoisotopic (exact) mass is 548 g/mol. The number of carbonyl (C=O) groups excluding carboxylic acids is 1. The highest BCUT2D eigenvalue weighted by Gasteiger charge is 2.38. The Morgan fingerprint density at radius 3 is 0.950 bits per heavy atom. The van der Waals surface area contributed by atoms with Gasteiger partial charge in [0.05, 0.1) is 0 Å². The Morgan fingerprint density at radius 2 is 0.725 bits per heavy atom. The fourth-order valence-corrected chi connectivity index (χ4v) is 5.41. The first-order chi connectivity index (χ1) is 17.5. The van der Waals surface area contributed by atoms with Gasteiger partial charge in [0, 0.05) is 5.56 Å². The molecule has 2 aromatic carbocycles. The average Bonchev–Trinajstić information content (AvgIpc) is 2.72. The first-order valence-corrected chi connectivity index (χ1v) is 15.1. The third kappa shape index (κ3) is 7.28. The van der Waals surface area contributed by atoms with Gasteiger partial charge in [-0.25, -0.2) is 0 Å². The highest BCUT2D eigenvalue weighted by molar-refractivity contribution is 6.03. The standard InChI is InChI=1S/C38H60O2/c1-33(2,3)23-19-25(35(7,8)9)29(26(20-23)36(10,11)12)31(39)32(40)30-27(37(13,14)15)21-24(34(4,5)6)22-28(30)38(16,17)18/h19-22,31,39H,1-18H3. The summed E-state index contributed by atoms with van der Waals surface area (Å²) in [7, 11) is 0. The molecule has 2 rings (SSSR count). The van der Waals surface area contributed by atoms with E-state index in [1.54, 1.807) is 0 Å². The van der Waals surface area contributed by atoms with Gasteiger partial charge in [0.1, 0.15) is 6.10 Å². The van der Waals surface area contributed by atoms with Crippen LogP contribution in [0.5, 0.6) is 0 Å². The molecular weight excluding hydrogens is 488 g/mol.